The number of sulfonamides is 1. The predicted molar refractivity (Wildman–Crippen MR) is 107 cm³/mol. The molecule has 30 heavy (non-hydrogen) atoms. The molecule has 0 saturated carbocycles. The van der Waals surface area contributed by atoms with Crippen LogP contribution in [0.1, 0.15) is 26.5 Å². The van der Waals surface area contributed by atoms with Gasteiger partial charge in [0, 0.05) is 20.2 Å². The van der Waals surface area contributed by atoms with Crippen LogP contribution in [0.4, 0.5) is 5.95 Å². The largest absolute Gasteiger partial charge is 0.374 e. The second-order valence-electron chi connectivity index (χ2n) is 7.72. The lowest BCUT2D eigenvalue weighted by Crippen LogP contribution is -2.43. The number of fused-ring (bicyclic) bond motifs is 1. The Morgan fingerprint density at radius 1 is 1.40 bits per heavy atom. The van der Waals surface area contributed by atoms with E-state index in [9.17, 15) is 13.2 Å². The zero-order valence-corrected chi connectivity index (χ0v) is 17.8. The van der Waals surface area contributed by atoms with E-state index >= 15 is 0 Å². The Hall–Kier alpha value is -2.06. The average molecular weight is 442 g/mol. The highest BCUT2D eigenvalue weighted by atomic mass is 32.2. The molecule has 2 aromatic heterocycles. The Morgan fingerprint density at radius 3 is 2.80 bits per heavy atom. The van der Waals surface area contributed by atoms with Crippen molar-refractivity contribution < 1.29 is 22.6 Å². The number of nitrogens with zero attached hydrogens (tertiary/aromatic N) is 4. The fourth-order valence-corrected chi connectivity index (χ4v) is 5.57. The van der Waals surface area contributed by atoms with Crippen LogP contribution in [0.25, 0.3) is 11.2 Å². The van der Waals surface area contributed by atoms with E-state index < -0.39 is 40.1 Å². The van der Waals surface area contributed by atoms with Crippen molar-refractivity contribution in [3.63, 3.8) is 0 Å². The Kier molecular flexibility index (Phi) is 5.57. The summed E-state index contributed by atoms with van der Waals surface area (Å²) < 4.78 is 45.6. The van der Waals surface area contributed by atoms with Crippen LogP contribution < -0.4 is 11.3 Å². The van der Waals surface area contributed by atoms with Gasteiger partial charge in [-0.15, -0.1) is 0 Å². The lowest BCUT2D eigenvalue weighted by molar-refractivity contribution is -0.0793. The molecule has 0 radical (unpaired) electrons. The number of ether oxygens (including phenoxy) is 3. The van der Waals surface area contributed by atoms with Gasteiger partial charge in [0.05, 0.1) is 18.2 Å². The molecule has 4 rings (SSSR count). The maximum atomic E-state index is 12.3. The summed E-state index contributed by atoms with van der Waals surface area (Å²) in [5.41, 5.74) is 5.61. The van der Waals surface area contributed by atoms with Crippen LogP contribution >= 0.6 is 0 Å². The first kappa shape index (κ1) is 21.2. The topological polar surface area (TPSA) is 155 Å². The Labute approximate surface area is 173 Å². The number of aromatic amines is 1. The van der Waals surface area contributed by atoms with Crippen molar-refractivity contribution in [3.05, 3.63) is 16.7 Å². The van der Waals surface area contributed by atoms with Gasteiger partial charge in [0.15, 0.2) is 17.4 Å². The minimum absolute atomic E-state index is 0.0455. The lowest BCUT2D eigenvalue weighted by Gasteiger charge is -2.27. The summed E-state index contributed by atoms with van der Waals surface area (Å²) in [6, 6.07) is 0. The molecular formula is C17H26N6O6S. The maximum absolute atomic E-state index is 12.3. The van der Waals surface area contributed by atoms with E-state index in [2.05, 4.69) is 15.0 Å². The van der Waals surface area contributed by atoms with Gasteiger partial charge in [-0.25, -0.2) is 13.4 Å². The quantitative estimate of drug-likeness (QED) is 0.599. The van der Waals surface area contributed by atoms with E-state index in [1.807, 2.05) is 13.8 Å². The number of nitrogens with one attached hydrogen (secondary N) is 1. The van der Waals surface area contributed by atoms with Crippen molar-refractivity contribution in [1.82, 2.24) is 23.8 Å². The number of methoxy groups -OCH3 is 1. The molecule has 0 spiro atoms. The standard InChI is InChI=1S/C17H26N6O6S/c1-9(2)28-12-10(7-22-5-4-6-30(22,25)26)29-16(13(12)27-3)23-8-19-11-14(23)20-17(18)21-15(11)24/h8-10,12-13,16H,4-7H2,1-3H3,(H3,18,20,21,24)/t10-,12-,13-,16-/m1/s1. The van der Waals surface area contributed by atoms with E-state index in [1.54, 1.807) is 4.57 Å². The predicted octanol–water partition coefficient (Wildman–Crippen LogP) is -0.557. The number of imidazole rings is 1. The molecule has 0 aromatic carbocycles. The number of hydrogen-bond donors (Lipinski definition) is 2. The van der Waals surface area contributed by atoms with Crippen molar-refractivity contribution in [2.45, 2.75) is 50.9 Å². The van der Waals surface area contributed by atoms with E-state index in [0.29, 0.717) is 13.0 Å². The fourth-order valence-electron chi connectivity index (χ4n) is 4.03. The first-order chi connectivity index (χ1) is 14.2. The number of hydrogen-bond acceptors (Lipinski definition) is 9. The van der Waals surface area contributed by atoms with E-state index in [1.165, 1.54) is 17.7 Å². The first-order valence-electron chi connectivity index (χ1n) is 9.75. The molecule has 0 bridgehead atoms. The maximum Gasteiger partial charge on any atom is 0.280 e. The van der Waals surface area contributed by atoms with Crippen LogP contribution in [0.5, 0.6) is 0 Å². The highest BCUT2D eigenvalue weighted by Crippen LogP contribution is 2.36. The van der Waals surface area contributed by atoms with Gasteiger partial charge in [-0.2, -0.15) is 9.29 Å². The van der Waals surface area contributed by atoms with Gasteiger partial charge in [-0.1, -0.05) is 0 Å². The Morgan fingerprint density at radius 2 is 2.17 bits per heavy atom. The molecule has 0 unspecified atom stereocenters. The number of nitrogens with two attached hydrogens (primary N) is 1. The molecule has 13 heteroatoms. The molecule has 3 N–H and O–H groups in total. The van der Waals surface area contributed by atoms with Gasteiger partial charge in [0.25, 0.3) is 5.56 Å². The monoisotopic (exact) mass is 442 g/mol. The van der Waals surface area contributed by atoms with Crippen molar-refractivity contribution in [3.8, 4) is 0 Å². The summed E-state index contributed by atoms with van der Waals surface area (Å²) in [6.07, 6.45) is -0.539. The lowest BCUT2D eigenvalue weighted by atomic mass is 10.1. The second kappa shape index (κ2) is 7.89. The smallest absolute Gasteiger partial charge is 0.280 e. The zero-order chi connectivity index (χ0) is 21.6. The van der Waals surface area contributed by atoms with Crippen molar-refractivity contribution in [1.29, 1.82) is 0 Å². The molecule has 2 saturated heterocycles. The molecule has 2 aromatic rings. The third-order valence-corrected chi connectivity index (χ3v) is 7.22. The van der Waals surface area contributed by atoms with E-state index in [0.717, 1.165) is 0 Å². The minimum Gasteiger partial charge on any atom is -0.374 e. The molecule has 2 fully saturated rings. The summed E-state index contributed by atoms with van der Waals surface area (Å²) in [5, 5.41) is 0. The van der Waals surface area contributed by atoms with E-state index in [4.69, 9.17) is 19.9 Å². The Bertz CT molecular complexity index is 1080. The zero-order valence-electron chi connectivity index (χ0n) is 17.0. The highest BCUT2D eigenvalue weighted by molar-refractivity contribution is 7.89. The average Bonchev–Trinajstić information content (AvgIpc) is 3.31. The van der Waals surface area contributed by atoms with E-state index in [-0.39, 0.29) is 35.5 Å². The molecule has 0 amide bonds. The molecule has 166 valence electrons. The van der Waals surface area contributed by atoms with Crippen LogP contribution in [0.3, 0.4) is 0 Å². The third kappa shape index (κ3) is 3.71. The number of nitrogen functional groups attached to an aromatic ring is 1. The third-order valence-electron chi connectivity index (χ3n) is 5.30. The van der Waals surface area contributed by atoms with Crippen LogP contribution in [-0.2, 0) is 24.2 Å². The normalized spacial score (nSPS) is 29.3. The molecule has 4 heterocycles. The summed E-state index contributed by atoms with van der Waals surface area (Å²) in [6.45, 7) is 4.37. The number of anilines is 1. The fraction of sp³-hybridized carbons (Fsp3) is 0.706. The van der Waals surface area contributed by atoms with Crippen molar-refractivity contribution in [2.75, 3.05) is 31.7 Å². The molecule has 4 atom stereocenters. The molecule has 2 aliphatic heterocycles. The molecule has 12 nitrogen and oxygen atoms in total. The highest BCUT2D eigenvalue weighted by Gasteiger charge is 2.49. The molecular weight excluding hydrogens is 416 g/mol. The summed E-state index contributed by atoms with van der Waals surface area (Å²) >= 11 is 0. The number of rotatable bonds is 6. The van der Waals surface area contributed by atoms with Crippen LogP contribution in [0.2, 0.25) is 0 Å². The Balaban J connectivity index is 1.71. The second-order valence-corrected chi connectivity index (χ2v) is 9.81. The van der Waals surface area contributed by atoms with Crippen LogP contribution in [0.15, 0.2) is 11.1 Å². The van der Waals surface area contributed by atoms with Gasteiger partial charge in [0.1, 0.15) is 18.3 Å². The SMILES string of the molecule is CO[C@@H]1[C@H](OC(C)C)[C@@H](CN2CCCS2(=O)=O)O[C@H]1n1cnc2c(=O)[nH]c(N)nc21. The number of aromatic nitrogens is 4. The van der Waals surface area contributed by atoms with Crippen LogP contribution in [0, 0.1) is 0 Å². The van der Waals surface area contributed by atoms with Gasteiger partial charge in [0.2, 0.25) is 16.0 Å². The molecule has 2 aliphatic rings. The minimum atomic E-state index is -3.30. The van der Waals surface area contributed by atoms with Crippen molar-refractivity contribution in [2.24, 2.45) is 0 Å². The van der Waals surface area contributed by atoms with Crippen molar-refractivity contribution >= 4 is 27.1 Å². The van der Waals surface area contributed by atoms with Gasteiger partial charge in [-0.3, -0.25) is 14.3 Å². The molecule has 0 aliphatic carbocycles. The van der Waals surface area contributed by atoms with Gasteiger partial charge < -0.3 is 19.9 Å². The summed E-state index contributed by atoms with van der Waals surface area (Å²) in [7, 11) is -1.78. The van der Waals surface area contributed by atoms with Crippen LogP contribution in [-0.4, -0.2) is 82.6 Å². The summed E-state index contributed by atoms with van der Waals surface area (Å²) in [5.74, 6) is 0.0842. The first-order valence-corrected chi connectivity index (χ1v) is 11.4. The van der Waals surface area contributed by atoms with Gasteiger partial charge in [-0.05, 0) is 20.3 Å². The van der Waals surface area contributed by atoms with Gasteiger partial charge >= 0.3 is 0 Å². The summed E-state index contributed by atoms with van der Waals surface area (Å²) in [4.78, 5) is 22.9. The number of H-pyrrole nitrogens is 1.